The van der Waals surface area contributed by atoms with Crippen LogP contribution in [0.15, 0.2) is 85.1 Å². The molecule has 3 saturated heterocycles. The third-order valence-electron chi connectivity index (χ3n) is 23.2. The number of aliphatic carboxylic acids is 1. The van der Waals surface area contributed by atoms with Crippen LogP contribution in [0.4, 0.5) is 0 Å². The second kappa shape index (κ2) is 58.5. The van der Waals surface area contributed by atoms with E-state index in [4.69, 9.17) is 39.8 Å². The largest absolute Gasteiger partial charge is 0.508 e. The predicted molar refractivity (Wildman–Crippen MR) is 532 cm³/mol. The van der Waals surface area contributed by atoms with Crippen molar-refractivity contribution in [3.05, 3.63) is 102 Å². The molecule has 0 spiro atoms. The summed E-state index contributed by atoms with van der Waals surface area (Å²) in [4.78, 5) is 297. The molecular formula is C91H133N25O23S4. The number of aliphatic hydroxyl groups is 1. The van der Waals surface area contributed by atoms with Crippen molar-refractivity contribution in [2.75, 3.05) is 42.6 Å². The molecule has 52 heteroatoms. The second-order valence-corrected chi connectivity index (χ2v) is 41.0. The van der Waals surface area contributed by atoms with Gasteiger partial charge in [0.05, 0.1) is 18.6 Å². The lowest BCUT2D eigenvalue weighted by Gasteiger charge is -2.30. The Morgan fingerprint density at radius 2 is 1.02 bits per heavy atom. The maximum absolute atomic E-state index is 15.8. The van der Waals surface area contributed by atoms with E-state index in [1.165, 1.54) is 31.2 Å². The molecule has 0 saturated carbocycles. The van der Waals surface area contributed by atoms with Crippen molar-refractivity contribution in [1.82, 2.24) is 95.0 Å². The van der Waals surface area contributed by atoms with Gasteiger partial charge in [0.15, 0.2) is 5.96 Å². The number of carbonyl (C=O) groups is 20. The quantitative estimate of drug-likeness (QED) is 0.00939. The Kier molecular flexibility index (Phi) is 47.8. The summed E-state index contributed by atoms with van der Waals surface area (Å²) in [6.45, 7) is 8.86. The lowest BCUT2D eigenvalue weighted by Crippen LogP contribution is -2.62. The van der Waals surface area contributed by atoms with Crippen LogP contribution in [0.1, 0.15) is 148 Å². The van der Waals surface area contributed by atoms with Crippen molar-refractivity contribution in [1.29, 1.82) is 5.41 Å². The highest BCUT2D eigenvalue weighted by Crippen LogP contribution is 2.28. The highest BCUT2D eigenvalue weighted by atomic mass is 33.1. The fraction of sp³-hybridized carbons (Fsp3) is 0.549. The third kappa shape index (κ3) is 39.0. The lowest BCUT2D eigenvalue weighted by molar-refractivity contribution is -0.142. The monoisotopic (exact) mass is 2070 g/mol. The summed E-state index contributed by atoms with van der Waals surface area (Å²) >= 11 is 0. The van der Waals surface area contributed by atoms with Crippen molar-refractivity contribution in [3.8, 4) is 5.75 Å². The highest BCUT2D eigenvalue weighted by molar-refractivity contribution is 8.77. The van der Waals surface area contributed by atoms with Crippen LogP contribution in [0.5, 0.6) is 5.75 Å². The van der Waals surface area contributed by atoms with Crippen molar-refractivity contribution in [3.63, 3.8) is 0 Å². The number of phenols is 1. The number of aromatic amines is 1. The van der Waals surface area contributed by atoms with Gasteiger partial charge in [-0.2, -0.15) is 0 Å². The topological polar surface area (TPSA) is 794 Å². The first-order valence-corrected chi connectivity index (χ1v) is 51.8. The van der Waals surface area contributed by atoms with E-state index in [0.29, 0.717) is 22.0 Å². The van der Waals surface area contributed by atoms with Crippen LogP contribution < -0.4 is 119 Å². The average molecular weight is 2070 g/mol. The summed E-state index contributed by atoms with van der Waals surface area (Å²) in [5, 5.41) is 81.8. The number of carboxylic acid groups (broad SMARTS) is 1. The van der Waals surface area contributed by atoms with Crippen LogP contribution >= 0.6 is 43.2 Å². The summed E-state index contributed by atoms with van der Waals surface area (Å²) < 4.78 is 0. The van der Waals surface area contributed by atoms with Crippen molar-refractivity contribution in [2.45, 2.75) is 260 Å². The van der Waals surface area contributed by atoms with Gasteiger partial charge < -0.3 is 145 Å². The summed E-state index contributed by atoms with van der Waals surface area (Å²) in [6.07, 6.45) is -5.32. The molecule has 0 unspecified atom stereocenters. The minimum atomic E-state index is -2.00. The van der Waals surface area contributed by atoms with Gasteiger partial charge in [0.1, 0.15) is 102 Å². The number of carboxylic acids is 1. The van der Waals surface area contributed by atoms with E-state index in [-0.39, 0.29) is 102 Å². The number of guanidine groups is 1. The molecule has 3 fully saturated rings. The van der Waals surface area contributed by atoms with Gasteiger partial charge in [0.25, 0.3) is 0 Å². The maximum Gasteiger partial charge on any atom is 0.303 e. The van der Waals surface area contributed by atoms with Crippen LogP contribution in [0.25, 0.3) is 10.9 Å². The van der Waals surface area contributed by atoms with Gasteiger partial charge in [0, 0.05) is 85.3 Å². The number of nitrogens with one attached hydrogen (secondary N) is 18. The number of aromatic nitrogens is 1. The fourth-order valence-electron chi connectivity index (χ4n) is 15.6. The molecule has 784 valence electrons. The number of carbonyl (C=O) groups excluding carboxylic acids is 19. The van der Waals surface area contributed by atoms with Gasteiger partial charge in [-0.1, -0.05) is 132 Å². The molecule has 4 heterocycles. The Hall–Kier alpha value is -13.1. The zero-order valence-corrected chi connectivity index (χ0v) is 83.4. The predicted octanol–water partition coefficient (Wildman–Crippen LogP) is -5.34. The van der Waals surface area contributed by atoms with Crippen LogP contribution in [0, 0.1) is 17.2 Å². The summed E-state index contributed by atoms with van der Waals surface area (Å²) in [5.74, 6) is -26.1. The third-order valence-corrected chi connectivity index (χ3v) is 28.0. The molecule has 2 bridgehead atoms. The fourth-order valence-corrected chi connectivity index (χ4v) is 20.2. The van der Waals surface area contributed by atoms with Gasteiger partial charge >= 0.3 is 5.97 Å². The van der Waals surface area contributed by atoms with Crippen LogP contribution in [0.2, 0.25) is 0 Å². The van der Waals surface area contributed by atoms with Gasteiger partial charge in [-0.25, -0.2) is 0 Å². The Morgan fingerprint density at radius 3 is 1.61 bits per heavy atom. The number of phenolic OH excluding ortho intramolecular Hbond substituents is 1. The second-order valence-electron chi connectivity index (χ2n) is 35.8. The molecule has 143 heavy (non-hydrogen) atoms. The number of aromatic hydroxyl groups is 1. The lowest BCUT2D eigenvalue weighted by atomic mass is 10.00. The summed E-state index contributed by atoms with van der Waals surface area (Å²) in [6, 6.07) is -9.12. The smallest absolute Gasteiger partial charge is 0.303 e. The van der Waals surface area contributed by atoms with Gasteiger partial charge in [-0.05, 0) is 138 Å². The number of unbranched alkanes of at least 4 members (excludes halogenated alkanes) is 1. The molecule has 3 aliphatic rings. The molecule has 4 aromatic rings. The normalized spacial score (nSPS) is 24.6. The number of benzene rings is 3. The number of fused-ring (bicyclic) bond motifs is 13. The Balaban J connectivity index is 1.47. The van der Waals surface area contributed by atoms with Gasteiger partial charge in [-0.3, -0.25) is 101 Å². The van der Waals surface area contributed by atoms with Gasteiger partial charge in [0.2, 0.25) is 112 Å². The average Bonchev–Trinajstić information content (AvgIpc) is 1.75. The zero-order chi connectivity index (χ0) is 105. The molecule has 7 rings (SSSR count). The number of para-hydroxylation sites is 1. The number of nitrogens with two attached hydrogens (primary N) is 6. The van der Waals surface area contributed by atoms with Crippen molar-refractivity contribution < 1.29 is 111 Å². The molecule has 33 N–H and O–H groups in total. The number of amides is 19. The van der Waals surface area contributed by atoms with Crippen molar-refractivity contribution in [2.24, 2.45) is 46.2 Å². The first-order valence-electron chi connectivity index (χ1n) is 46.8. The first-order chi connectivity index (χ1) is 67.8. The van der Waals surface area contributed by atoms with E-state index in [2.05, 4.69) is 90.1 Å². The molecular weight excluding hydrogens is 1940 g/mol. The van der Waals surface area contributed by atoms with E-state index < -0.39 is 306 Å². The van der Waals surface area contributed by atoms with E-state index >= 15 is 43.2 Å². The molecule has 48 nitrogen and oxygen atoms in total. The minimum absolute atomic E-state index is 0.0593. The molecule has 3 aliphatic heterocycles. The van der Waals surface area contributed by atoms with Crippen LogP contribution in [-0.4, -0.2) is 301 Å². The number of H-pyrrole nitrogens is 1. The number of primary amides is 3. The van der Waals surface area contributed by atoms with Gasteiger partial charge in [-0.15, -0.1) is 0 Å². The molecule has 0 radical (unpaired) electrons. The molecule has 1 aromatic heterocycles. The number of hydrogen-bond acceptors (Lipinski definition) is 29. The number of hydrogen-bond donors (Lipinski definition) is 27. The SMILES string of the molecule is CC(C)C[C@H](NC(=O)[C@@H]1CSSC[C@@H]2NC(=O)[C@H](CC(N)=O)NC(=O)[C@@H](N)CSSC[C@H](NC(=O)[C@H](CC(C)C)NC(=O)[C@H](Cc3ccccc3)NC(=O)[C@H]([C@@H](C)O)NC(=O)[C@H](CCC(=O)O)NC(=O)[C@@H]3CCCN3C(=O)[C@H](C)NC(=O)[C@H](CCCCN)NC2=O)C(=O)N[C@@H](Cc2ccc(O)cc2)C(=O)N[C@@H](Cc2c[nH]c3ccccc23)C(=O)N[C@@H](CCCNC(=N)N)C(=O)N1)C(=O)N[C@@H](CCC(N)=O)C(N)=O. The molecule has 3 aromatic carbocycles. The summed E-state index contributed by atoms with van der Waals surface area (Å²) in [5.41, 5.74) is 36.7. The Labute approximate surface area is 841 Å². The van der Waals surface area contributed by atoms with Crippen molar-refractivity contribution >= 4 is 178 Å². The van der Waals surface area contributed by atoms with E-state index in [0.717, 1.165) is 55.0 Å². The minimum Gasteiger partial charge on any atom is -0.508 e. The van der Waals surface area contributed by atoms with Crippen LogP contribution in [-0.2, 0) is 115 Å². The first kappa shape index (κ1) is 117. The number of aliphatic hydroxyl groups excluding tert-OH is 1. The zero-order valence-electron chi connectivity index (χ0n) is 80.2. The molecule has 0 aliphatic carbocycles. The maximum atomic E-state index is 15.8. The number of nitrogens with zero attached hydrogens (tertiary/aromatic N) is 1. The number of rotatable bonds is 32. The molecule has 19 amide bonds. The van der Waals surface area contributed by atoms with E-state index in [1.54, 1.807) is 88.5 Å². The van der Waals surface area contributed by atoms with E-state index in [1.807, 2.05) is 0 Å². The van der Waals surface area contributed by atoms with Crippen LogP contribution in [0.3, 0.4) is 0 Å². The highest BCUT2D eigenvalue weighted by Gasteiger charge is 2.44. The standard InChI is InChI=1S/C91H133N25O23S4/c1-45(2)34-60(79(128)102-56(74(96)123)27-29-70(94)119)108-86(135)67-44-143-142-43-66-85(134)104-57(20-12-13-31-92)76(125)101-47(5)90(139)116-33-15-22-69(116)88(137)105-59(28-30-72(121)122)78(127)115-73(48(6)117)89(138)111-63(36-49-16-8-7-9-17-49)82(131)107-61(35-46(3)4)80(129)113-68(42-141-140-41-54(93)75(124)106-65(39-71(95)120)84(133)114-66)87(136)109-62(37-50-23-25-52(118)26-24-50)81(130)110-64(38-51-40-100-55-19-11-10-18-53(51)55)83(132)103-58(77(126)112-67)21-14-32-99-91(97)98/h7-11,16-19,23-26,40,45-48,54,56-69,73,100,117-118H,12-15,20-22,27-39,41-44,92-93H2,1-6H3,(H2,94,119)(H2,95,120)(H2,96,123)(H,101,125)(H,102,128)(H,103,132)(H,104,134)(H,105,137)(H,106,124)(H,107,131)(H,108,135)(H,109,136)(H,110,130)(H,111,138)(H,112,126)(H,113,129)(H,114,133)(H,115,127)(H,121,122)(H4,97,98,99)/t47-,48+,54-,56-,57-,58-,59-,60-,61-,62-,63-,64-,65-,66-,67-,68-,69-,73-/m0/s1. The van der Waals surface area contributed by atoms with E-state index in [9.17, 15) is 68.1 Å². The Bertz CT molecular complexity index is 5140. The molecule has 18 atom stereocenters. The summed E-state index contributed by atoms with van der Waals surface area (Å²) in [7, 11) is 3.09. The Morgan fingerprint density at radius 1 is 0.510 bits per heavy atom.